The van der Waals surface area contributed by atoms with E-state index in [2.05, 4.69) is 37.5 Å². The Hall–Kier alpha value is -4.00. The van der Waals surface area contributed by atoms with Gasteiger partial charge in [0.15, 0.2) is 11.5 Å². The third kappa shape index (κ3) is 6.40. The minimum absolute atomic E-state index is 0.0998. The minimum Gasteiger partial charge on any atom is -0.484 e. The van der Waals surface area contributed by atoms with Crippen molar-refractivity contribution in [1.29, 1.82) is 0 Å². The van der Waals surface area contributed by atoms with Crippen LogP contribution in [0.2, 0.25) is 0 Å². The van der Waals surface area contributed by atoms with Crippen molar-refractivity contribution in [3.8, 4) is 5.75 Å². The van der Waals surface area contributed by atoms with Crippen LogP contribution in [0.5, 0.6) is 5.75 Å². The first-order chi connectivity index (χ1) is 21.4. The zero-order chi connectivity index (χ0) is 31.9. The smallest absolute Gasteiger partial charge is 0.319 e. The van der Waals surface area contributed by atoms with E-state index in [9.17, 15) is 13.2 Å². The van der Waals surface area contributed by atoms with Crippen molar-refractivity contribution in [3.05, 3.63) is 83.3 Å². The second-order valence-electron chi connectivity index (χ2n) is 13.0. The number of anilines is 1. The van der Waals surface area contributed by atoms with Gasteiger partial charge in [0.05, 0.1) is 23.2 Å². The summed E-state index contributed by atoms with van der Waals surface area (Å²) < 4.78 is 36.2. The van der Waals surface area contributed by atoms with Crippen LogP contribution in [0.1, 0.15) is 87.2 Å². The number of aromatic nitrogens is 3. The summed E-state index contributed by atoms with van der Waals surface area (Å²) in [5.74, 6) is 1.66. The number of urea groups is 1. The normalized spacial score (nSPS) is 20.6. The number of fused-ring (bicyclic) bond motifs is 2. The first-order valence-corrected chi connectivity index (χ1v) is 16.9. The molecule has 0 spiro atoms. The highest BCUT2D eigenvalue weighted by atomic mass is 32.2. The Morgan fingerprint density at radius 1 is 1.00 bits per heavy atom. The van der Waals surface area contributed by atoms with E-state index in [1.54, 1.807) is 6.07 Å². The molecule has 1 aliphatic carbocycles. The molecule has 3 atom stereocenters. The Morgan fingerprint density at radius 2 is 1.78 bits per heavy atom. The Balaban J connectivity index is 1.20. The van der Waals surface area contributed by atoms with E-state index in [0.717, 1.165) is 53.3 Å². The van der Waals surface area contributed by atoms with Crippen LogP contribution >= 0.6 is 0 Å². The lowest BCUT2D eigenvalue weighted by Crippen LogP contribution is -2.35. The molecule has 2 aliphatic rings. The van der Waals surface area contributed by atoms with E-state index in [1.807, 2.05) is 73.8 Å². The van der Waals surface area contributed by atoms with Gasteiger partial charge in [-0.15, -0.1) is 10.2 Å². The molecule has 6 rings (SSSR count). The zero-order valence-electron chi connectivity index (χ0n) is 26.4. The molecule has 0 bridgehead atoms. The molecule has 238 valence electrons. The van der Waals surface area contributed by atoms with Crippen molar-refractivity contribution in [1.82, 2.24) is 29.5 Å². The molecule has 1 saturated heterocycles. The fourth-order valence-electron chi connectivity index (χ4n) is 6.31. The van der Waals surface area contributed by atoms with Crippen molar-refractivity contribution in [3.63, 3.8) is 0 Å². The SMILES string of the molecule is CNS(=O)(=O)c1cc(NC(=O)N[C@H]2CC[C@@H](Oc3ccc4nnc(C5CCCN5C)n4c3)c3ccccc32)cc(C(C)(C)C)c1. The topological polar surface area (TPSA) is 130 Å². The molecule has 45 heavy (non-hydrogen) atoms. The maximum atomic E-state index is 13.3. The first-order valence-electron chi connectivity index (χ1n) is 15.4. The Labute approximate surface area is 264 Å². The number of carbonyl (C=O) groups is 1. The molecule has 2 aromatic carbocycles. The van der Waals surface area contributed by atoms with E-state index in [1.165, 1.54) is 13.1 Å². The standard InChI is InChI=1S/C33H41N7O4S/c1-33(2,3)21-17-22(19-24(18-21)45(42,43)34-4)35-32(41)36-27-13-14-29(26-10-7-6-9-25(26)27)44-23-12-15-30-37-38-31(40(30)20-23)28-11-8-16-39(28)5/h6-7,9-10,12,15,17-20,27-29,34H,8,11,13-14,16H2,1-5H3,(H2,35,36,41)/t27-,28?,29+/m0/s1. The number of likely N-dealkylation sites (tertiary alicyclic amines) is 1. The highest BCUT2D eigenvalue weighted by molar-refractivity contribution is 7.89. The number of nitrogens with zero attached hydrogens (tertiary/aromatic N) is 4. The summed E-state index contributed by atoms with van der Waals surface area (Å²) in [6.45, 7) is 7.04. The molecule has 0 saturated carbocycles. The van der Waals surface area contributed by atoms with E-state index in [0.29, 0.717) is 18.5 Å². The molecule has 2 aromatic heterocycles. The van der Waals surface area contributed by atoms with Gasteiger partial charge in [-0.05, 0) is 98.8 Å². The predicted octanol–water partition coefficient (Wildman–Crippen LogP) is 5.48. The van der Waals surface area contributed by atoms with Crippen LogP contribution in [-0.4, -0.2) is 54.6 Å². The number of amides is 2. The molecular formula is C33H41N7O4S. The van der Waals surface area contributed by atoms with Crippen molar-refractivity contribution < 1.29 is 17.9 Å². The number of hydrogen-bond acceptors (Lipinski definition) is 7. The Bertz CT molecular complexity index is 1830. The highest BCUT2D eigenvalue weighted by Crippen LogP contribution is 2.39. The molecule has 1 unspecified atom stereocenters. The number of sulfonamides is 1. The van der Waals surface area contributed by atoms with Crippen molar-refractivity contribution >= 4 is 27.4 Å². The van der Waals surface area contributed by atoms with Gasteiger partial charge < -0.3 is 15.4 Å². The monoisotopic (exact) mass is 631 g/mol. The van der Waals surface area contributed by atoms with Crippen LogP contribution in [0.15, 0.2) is 65.7 Å². The van der Waals surface area contributed by atoms with E-state index >= 15 is 0 Å². The fraction of sp³-hybridized carbons (Fsp3) is 0.424. The van der Waals surface area contributed by atoms with E-state index < -0.39 is 16.1 Å². The van der Waals surface area contributed by atoms with Gasteiger partial charge in [0.1, 0.15) is 11.9 Å². The highest BCUT2D eigenvalue weighted by Gasteiger charge is 2.31. The second kappa shape index (κ2) is 12.1. The molecule has 1 fully saturated rings. The molecule has 2 amide bonds. The average molecular weight is 632 g/mol. The molecule has 11 nitrogen and oxygen atoms in total. The lowest BCUT2D eigenvalue weighted by molar-refractivity contribution is 0.171. The van der Waals surface area contributed by atoms with Crippen LogP contribution in [0.3, 0.4) is 0 Å². The molecular weight excluding hydrogens is 590 g/mol. The minimum atomic E-state index is -3.70. The third-order valence-corrected chi connectivity index (χ3v) is 10.2. The first kappa shape index (κ1) is 31.0. The molecule has 4 aromatic rings. The van der Waals surface area contributed by atoms with Gasteiger partial charge in [-0.2, -0.15) is 0 Å². The van der Waals surface area contributed by atoms with Crippen LogP contribution in [0, 0.1) is 0 Å². The number of carbonyl (C=O) groups excluding carboxylic acids is 1. The molecule has 12 heteroatoms. The number of pyridine rings is 1. The van der Waals surface area contributed by atoms with Gasteiger partial charge in [-0.1, -0.05) is 45.0 Å². The quantitative estimate of drug-likeness (QED) is 0.246. The van der Waals surface area contributed by atoms with Crippen molar-refractivity contribution in [2.45, 2.75) is 75.0 Å². The van der Waals surface area contributed by atoms with Gasteiger partial charge in [0, 0.05) is 5.69 Å². The van der Waals surface area contributed by atoms with Crippen LogP contribution in [-0.2, 0) is 15.4 Å². The summed E-state index contributed by atoms with van der Waals surface area (Å²) in [7, 11) is -0.209. The van der Waals surface area contributed by atoms with Gasteiger partial charge in [0.2, 0.25) is 10.0 Å². The van der Waals surface area contributed by atoms with Crippen LogP contribution in [0.25, 0.3) is 5.65 Å². The third-order valence-electron chi connectivity index (χ3n) is 8.85. The van der Waals surface area contributed by atoms with Gasteiger partial charge in [0.25, 0.3) is 0 Å². The summed E-state index contributed by atoms with van der Waals surface area (Å²) in [6, 6.07) is 16.4. The summed E-state index contributed by atoms with van der Waals surface area (Å²) in [5.41, 5.74) is 3.68. The maximum absolute atomic E-state index is 13.3. The number of ether oxygens (including phenoxy) is 1. The van der Waals surface area contributed by atoms with Gasteiger partial charge in [-0.25, -0.2) is 17.9 Å². The summed E-state index contributed by atoms with van der Waals surface area (Å²) in [5, 5.41) is 14.9. The number of benzene rings is 2. The fourth-order valence-corrected chi connectivity index (χ4v) is 7.11. The van der Waals surface area contributed by atoms with Gasteiger partial charge in [-0.3, -0.25) is 9.30 Å². The lowest BCUT2D eigenvalue weighted by Gasteiger charge is -2.32. The molecule has 3 heterocycles. The van der Waals surface area contributed by atoms with Crippen molar-refractivity contribution in [2.75, 3.05) is 26.0 Å². The average Bonchev–Trinajstić information content (AvgIpc) is 3.62. The predicted molar refractivity (Wildman–Crippen MR) is 173 cm³/mol. The number of nitrogens with one attached hydrogen (secondary N) is 3. The molecule has 1 aliphatic heterocycles. The zero-order valence-corrected chi connectivity index (χ0v) is 27.2. The van der Waals surface area contributed by atoms with Crippen molar-refractivity contribution in [2.24, 2.45) is 0 Å². The summed E-state index contributed by atoms with van der Waals surface area (Å²) in [6.07, 6.45) is 5.35. The van der Waals surface area contributed by atoms with Crippen LogP contribution < -0.4 is 20.1 Å². The molecule has 3 N–H and O–H groups in total. The van der Waals surface area contributed by atoms with Gasteiger partial charge >= 0.3 is 6.03 Å². The number of rotatable bonds is 7. The lowest BCUT2D eigenvalue weighted by atomic mass is 9.85. The number of hydrogen-bond donors (Lipinski definition) is 3. The van der Waals surface area contributed by atoms with E-state index in [-0.39, 0.29) is 28.5 Å². The van der Waals surface area contributed by atoms with E-state index in [4.69, 9.17) is 4.74 Å². The molecule has 0 radical (unpaired) electrons. The Kier molecular flexibility index (Phi) is 8.31. The second-order valence-corrected chi connectivity index (χ2v) is 14.8. The maximum Gasteiger partial charge on any atom is 0.319 e. The summed E-state index contributed by atoms with van der Waals surface area (Å²) >= 11 is 0. The summed E-state index contributed by atoms with van der Waals surface area (Å²) in [4.78, 5) is 15.7. The largest absolute Gasteiger partial charge is 0.484 e. The van der Waals surface area contributed by atoms with Crippen LogP contribution in [0.4, 0.5) is 10.5 Å². The Morgan fingerprint density at radius 3 is 2.49 bits per heavy atom.